The fraction of sp³-hybridized carbons (Fsp3) is 0.500. The molecule has 142 valence electrons. The maximum atomic E-state index is 2.33. The van der Waals surface area contributed by atoms with Gasteiger partial charge in [-0.15, -0.1) is 0 Å². The zero-order valence-electron chi connectivity index (χ0n) is 18.5. The van der Waals surface area contributed by atoms with E-state index in [2.05, 4.69) is 86.6 Å². The summed E-state index contributed by atoms with van der Waals surface area (Å²) < 4.78 is 3.29. The number of benzene rings is 2. The van der Waals surface area contributed by atoms with Crippen LogP contribution in [0.1, 0.15) is 54.2 Å². The molecule has 0 aromatic heterocycles. The summed E-state index contributed by atoms with van der Waals surface area (Å²) in [5.41, 5.74) is 8.70. The molecule has 0 amide bonds. The van der Waals surface area contributed by atoms with Gasteiger partial charge < -0.3 is 0 Å². The molecule has 0 atom stereocenters. The normalized spacial score (nSPS) is 10.7. The van der Waals surface area contributed by atoms with Gasteiger partial charge in [-0.05, 0) is 0 Å². The predicted octanol–water partition coefficient (Wildman–Crippen LogP) is 5.47. The first-order valence-electron chi connectivity index (χ1n) is 10.1. The van der Waals surface area contributed by atoms with Gasteiger partial charge in [-0.25, -0.2) is 0 Å². The first-order valence-corrected chi connectivity index (χ1v) is 14.6. The van der Waals surface area contributed by atoms with Crippen molar-refractivity contribution in [3.8, 4) is 0 Å². The molecule has 2 heteroatoms. The van der Waals surface area contributed by atoms with Crippen molar-refractivity contribution in [3.05, 3.63) is 57.6 Å². The summed E-state index contributed by atoms with van der Waals surface area (Å²) in [4.78, 5) is 0. The zero-order valence-corrected chi connectivity index (χ0v) is 21.9. The van der Waals surface area contributed by atoms with Crippen molar-refractivity contribution in [2.75, 3.05) is 0 Å². The van der Waals surface area contributed by atoms with Crippen LogP contribution in [0.25, 0.3) is 0 Å². The van der Waals surface area contributed by atoms with Crippen LogP contribution in [-0.4, -0.2) is 24.2 Å². The summed E-state index contributed by atoms with van der Waals surface area (Å²) in [5.74, 6) is 0. The molecule has 0 aliphatic carbocycles. The van der Waals surface area contributed by atoms with Crippen LogP contribution in [0.15, 0.2) is 24.3 Å². The van der Waals surface area contributed by atoms with Crippen LogP contribution in [-0.2, 0) is 0 Å². The van der Waals surface area contributed by atoms with Crippen molar-refractivity contribution in [2.24, 2.45) is 0 Å². The molecule has 2 rings (SSSR count). The minimum absolute atomic E-state index is 0.137. The molecule has 0 N–H and O–H groups in total. The van der Waals surface area contributed by atoms with Crippen LogP contribution in [0.2, 0.25) is 18.1 Å². The fourth-order valence-electron chi connectivity index (χ4n) is 3.73. The molecule has 0 aliphatic heterocycles. The Labute approximate surface area is 170 Å². The summed E-state index contributed by atoms with van der Waals surface area (Å²) in [5, 5.41) is 0. The van der Waals surface area contributed by atoms with Crippen LogP contribution in [0.4, 0.5) is 0 Å². The van der Waals surface area contributed by atoms with E-state index in [1.54, 1.807) is 8.79 Å². The van der Waals surface area contributed by atoms with Crippen molar-refractivity contribution < 1.29 is 0 Å². The molecule has 2 aromatic carbocycles. The van der Waals surface area contributed by atoms with E-state index < -0.39 is 15.4 Å². The third kappa shape index (κ3) is 6.74. The Bertz CT molecular complexity index is 607. The average molecular weight is 427 g/mol. The second-order valence-electron chi connectivity index (χ2n) is 7.58. The Balaban J connectivity index is 0.000000412. The van der Waals surface area contributed by atoms with Crippen molar-refractivity contribution in [1.82, 2.24) is 0 Å². The standard InChI is InChI=1S/C18H23Ge.C6H15Si/c1-11-7-13(3)17(14(4)8-11)19-18-15(5)9-12(2)10-16(18)6;1-4-7(5-2)6-3/h7-10,19H,1-6H3;4-6H2,1-3H3. The minimum atomic E-state index is -0.561. The topological polar surface area (TPSA) is 0 Å². The maximum absolute atomic E-state index is 2.33. The Hall–Kier alpha value is -0.800. The fourth-order valence-corrected chi connectivity index (χ4v) is 8.45. The van der Waals surface area contributed by atoms with Gasteiger partial charge >= 0.3 is 123 Å². The number of hydrogen-bond donors (Lipinski definition) is 0. The monoisotopic (exact) mass is 428 g/mol. The molecule has 2 aromatic rings. The van der Waals surface area contributed by atoms with Gasteiger partial charge in [0.1, 0.15) is 0 Å². The molecule has 0 fully saturated rings. The summed E-state index contributed by atoms with van der Waals surface area (Å²) in [6.45, 7) is 20.4. The molecule has 0 unspecified atom stereocenters. The molecule has 0 aliphatic rings. The van der Waals surface area contributed by atoms with Crippen LogP contribution in [0.5, 0.6) is 0 Å². The van der Waals surface area contributed by atoms with Gasteiger partial charge in [-0.1, -0.05) is 38.9 Å². The van der Waals surface area contributed by atoms with E-state index in [-0.39, 0.29) is 8.80 Å². The van der Waals surface area contributed by atoms with E-state index in [0.29, 0.717) is 0 Å². The van der Waals surface area contributed by atoms with E-state index in [1.807, 2.05) is 0 Å². The van der Waals surface area contributed by atoms with Crippen LogP contribution >= 0.6 is 0 Å². The van der Waals surface area contributed by atoms with Gasteiger partial charge in [-0.3, -0.25) is 0 Å². The van der Waals surface area contributed by atoms with Crippen molar-refractivity contribution >= 4 is 33.0 Å². The Morgan fingerprint density at radius 1 is 0.577 bits per heavy atom. The molecule has 26 heavy (non-hydrogen) atoms. The van der Waals surface area contributed by atoms with Crippen LogP contribution < -0.4 is 8.79 Å². The van der Waals surface area contributed by atoms with E-state index >= 15 is 0 Å². The summed E-state index contributed by atoms with van der Waals surface area (Å²) in [7, 11) is 0.137. The second-order valence-corrected chi connectivity index (χ2v) is 14.2. The van der Waals surface area contributed by atoms with Gasteiger partial charge in [0.2, 0.25) is 0 Å². The van der Waals surface area contributed by atoms with Gasteiger partial charge in [0, 0.05) is 8.80 Å². The Morgan fingerprint density at radius 3 is 1.04 bits per heavy atom. The van der Waals surface area contributed by atoms with Crippen molar-refractivity contribution in [2.45, 2.75) is 80.4 Å². The SMILES string of the molecule is CC[Si](CC)CC.Cc1cc(C)[c]([GeH][c]2c(C)cc(C)cc2C)c(C)c1. The molecule has 0 nitrogen and oxygen atoms in total. The van der Waals surface area contributed by atoms with E-state index in [9.17, 15) is 0 Å². The second kappa shape index (κ2) is 11.1. The molecule has 2 radical (unpaired) electrons. The van der Waals surface area contributed by atoms with Crippen LogP contribution in [0, 0.1) is 41.5 Å². The van der Waals surface area contributed by atoms with Gasteiger partial charge in [0.15, 0.2) is 0 Å². The van der Waals surface area contributed by atoms with Gasteiger partial charge in [-0.2, -0.15) is 0 Å². The number of rotatable bonds is 5. The average Bonchev–Trinajstić information content (AvgIpc) is 2.54. The number of hydrogen-bond acceptors (Lipinski definition) is 0. The zero-order chi connectivity index (χ0) is 19.9. The first kappa shape index (κ1) is 23.2. The van der Waals surface area contributed by atoms with E-state index in [4.69, 9.17) is 0 Å². The van der Waals surface area contributed by atoms with Crippen molar-refractivity contribution in [3.63, 3.8) is 0 Å². The van der Waals surface area contributed by atoms with Crippen molar-refractivity contribution in [1.29, 1.82) is 0 Å². The quantitative estimate of drug-likeness (QED) is 0.556. The summed E-state index contributed by atoms with van der Waals surface area (Å²) in [6, 6.07) is 13.7. The molecular weight excluding hydrogens is 389 g/mol. The Morgan fingerprint density at radius 2 is 0.846 bits per heavy atom. The third-order valence-corrected chi connectivity index (χ3v) is 13.3. The molecule has 0 saturated heterocycles. The van der Waals surface area contributed by atoms with E-state index in [0.717, 1.165) is 0 Å². The predicted molar refractivity (Wildman–Crippen MR) is 125 cm³/mol. The first-order chi connectivity index (χ1) is 12.2. The Kier molecular flexibility index (Phi) is 9.95. The molecule has 0 bridgehead atoms. The molecule has 0 spiro atoms. The van der Waals surface area contributed by atoms with Gasteiger partial charge in [0.05, 0.1) is 0 Å². The van der Waals surface area contributed by atoms with Crippen LogP contribution in [0.3, 0.4) is 0 Å². The molecular formula is C24H38GeSi. The third-order valence-electron chi connectivity index (χ3n) is 5.26. The van der Waals surface area contributed by atoms with Gasteiger partial charge in [0.25, 0.3) is 0 Å². The summed E-state index contributed by atoms with van der Waals surface area (Å²) in [6.07, 6.45) is 0. The summed E-state index contributed by atoms with van der Waals surface area (Å²) >= 11 is -0.561. The molecule has 0 heterocycles. The molecule has 0 saturated carbocycles. The number of aryl methyl sites for hydroxylation is 6. The van der Waals surface area contributed by atoms with E-state index in [1.165, 1.54) is 51.5 Å².